The lowest BCUT2D eigenvalue weighted by atomic mass is 10.3. The van der Waals surface area contributed by atoms with Crippen molar-refractivity contribution in [1.82, 2.24) is 10.6 Å². The van der Waals surface area contributed by atoms with Gasteiger partial charge in [-0.1, -0.05) is 32.4 Å². The summed E-state index contributed by atoms with van der Waals surface area (Å²) in [4.78, 5) is 0. The zero-order chi connectivity index (χ0) is 8.04. The van der Waals surface area contributed by atoms with Crippen molar-refractivity contribution in [2.75, 3.05) is 13.1 Å². The minimum atomic E-state index is -0.385. The number of halogens is 2. The lowest BCUT2D eigenvalue weighted by molar-refractivity contribution is 0.376. The molecule has 11 heavy (non-hydrogen) atoms. The number of alkyl halides is 1. The summed E-state index contributed by atoms with van der Waals surface area (Å²) < 4.78 is 0. The summed E-state index contributed by atoms with van der Waals surface area (Å²) in [6.45, 7) is 7.93. The van der Waals surface area contributed by atoms with Crippen LogP contribution in [0, 0.1) is 0 Å². The predicted octanol–water partition coefficient (Wildman–Crippen LogP) is 1.93. The lowest BCUT2D eigenvalue weighted by Crippen LogP contribution is -2.51. The molecule has 0 aliphatic carbocycles. The third-order valence-corrected chi connectivity index (χ3v) is 1.94. The van der Waals surface area contributed by atoms with E-state index in [2.05, 4.69) is 17.6 Å². The highest BCUT2D eigenvalue weighted by Gasteiger charge is 2.20. The van der Waals surface area contributed by atoms with Gasteiger partial charge >= 0.3 is 0 Å². The Morgan fingerprint density at radius 1 is 1.09 bits per heavy atom. The first kappa shape index (κ1) is 14.0. The van der Waals surface area contributed by atoms with Crippen LogP contribution in [0.5, 0.6) is 0 Å². The molecule has 0 heterocycles. The summed E-state index contributed by atoms with van der Waals surface area (Å²) in [7, 11) is 0. The van der Waals surface area contributed by atoms with E-state index in [0.29, 0.717) is 0 Å². The second-order valence-corrected chi connectivity index (χ2v) is 2.86. The fourth-order valence-electron chi connectivity index (χ4n) is 0.873. The zero-order valence-electron chi connectivity index (χ0n) is 7.41. The van der Waals surface area contributed by atoms with Crippen molar-refractivity contribution in [3.8, 4) is 0 Å². The molecule has 0 rings (SSSR count). The van der Waals surface area contributed by atoms with Gasteiger partial charge in [0.2, 0.25) is 0 Å². The molecule has 0 saturated heterocycles. The quantitative estimate of drug-likeness (QED) is 0.403. The molecule has 0 saturated carbocycles. The maximum Gasteiger partial charge on any atom is 0.146 e. The minimum absolute atomic E-state index is 0. The third kappa shape index (κ3) is 5.74. The molecule has 0 aliphatic rings. The number of nitrogens with one attached hydrogen (secondary N) is 2. The molecule has 0 radical (unpaired) electrons. The van der Waals surface area contributed by atoms with Gasteiger partial charge < -0.3 is 0 Å². The van der Waals surface area contributed by atoms with E-state index >= 15 is 0 Å². The number of hydrogen-bond acceptors (Lipinski definition) is 2. The van der Waals surface area contributed by atoms with Crippen molar-refractivity contribution in [2.45, 2.75) is 32.3 Å². The second-order valence-electron chi connectivity index (χ2n) is 2.22. The molecule has 0 spiro atoms. The van der Waals surface area contributed by atoms with E-state index in [-0.39, 0.29) is 17.5 Å². The maximum absolute atomic E-state index is 6.10. The Kier molecular flexibility index (Phi) is 9.15. The molecule has 0 amide bonds. The summed E-state index contributed by atoms with van der Waals surface area (Å²) in [5.74, 6) is 0. The smallest absolute Gasteiger partial charge is 0.146 e. The molecule has 2 nitrogen and oxygen atoms in total. The van der Waals surface area contributed by atoms with E-state index in [0.717, 1.165) is 19.5 Å². The summed E-state index contributed by atoms with van der Waals surface area (Å²) in [6, 6.07) is 0. The Morgan fingerprint density at radius 2 is 1.45 bits per heavy atom. The largest absolute Gasteiger partial charge is 0.287 e. The third-order valence-electron chi connectivity index (χ3n) is 1.40. The van der Waals surface area contributed by atoms with Crippen LogP contribution in [0.3, 0.4) is 0 Å². The minimum Gasteiger partial charge on any atom is -0.287 e. The zero-order valence-corrected chi connectivity index (χ0v) is 8.98. The molecule has 0 aromatic carbocycles. The van der Waals surface area contributed by atoms with Crippen molar-refractivity contribution in [2.24, 2.45) is 0 Å². The number of hydrogen-bond donors (Lipinski definition) is 2. The molecule has 0 unspecified atom stereocenters. The highest BCUT2D eigenvalue weighted by atomic mass is 35.5. The van der Waals surface area contributed by atoms with Crippen LogP contribution in [-0.4, -0.2) is 18.2 Å². The first-order valence-electron chi connectivity index (χ1n) is 3.87. The number of rotatable bonds is 5. The van der Waals surface area contributed by atoms with Crippen LogP contribution >= 0.6 is 24.0 Å². The summed E-state index contributed by atoms with van der Waals surface area (Å²) >= 11 is 6.10. The molecule has 70 valence electrons. The normalized spacial score (nSPS) is 10.9. The summed E-state index contributed by atoms with van der Waals surface area (Å²) in [5.41, 5.74) is 0. The summed E-state index contributed by atoms with van der Waals surface area (Å²) in [5, 5.41) is 5.94. The molecule has 2 N–H and O–H groups in total. The molecule has 4 heteroatoms. The first-order valence-corrected chi connectivity index (χ1v) is 4.25. The Hall–Kier alpha value is 0.500. The predicted molar refractivity (Wildman–Crippen MR) is 53.5 cm³/mol. The second kappa shape index (κ2) is 7.17. The topological polar surface area (TPSA) is 24.1 Å². The van der Waals surface area contributed by atoms with E-state index in [1.807, 2.05) is 13.8 Å². The van der Waals surface area contributed by atoms with Gasteiger partial charge in [-0.3, -0.25) is 10.6 Å². The average Bonchev–Trinajstić information content (AvgIpc) is 1.89. The Labute approximate surface area is 80.5 Å². The fourth-order valence-corrected chi connectivity index (χ4v) is 1.14. The van der Waals surface area contributed by atoms with E-state index < -0.39 is 0 Å². The van der Waals surface area contributed by atoms with Crippen molar-refractivity contribution < 1.29 is 0 Å². The van der Waals surface area contributed by atoms with Gasteiger partial charge in [0.15, 0.2) is 0 Å². The van der Waals surface area contributed by atoms with Gasteiger partial charge in [0.25, 0.3) is 0 Å². The van der Waals surface area contributed by atoms with E-state index in [1.165, 1.54) is 0 Å². The van der Waals surface area contributed by atoms with Gasteiger partial charge in [-0.05, 0) is 19.5 Å². The Bertz CT molecular complexity index is 82.5. The monoisotopic (exact) mass is 200 g/mol. The maximum atomic E-state index is 6.10. The Morgan fingerprint density at radius 3 is 1.64 bits per heavy atom. The fraction of sp³-hybridized carbons (Fsp3) is 1.00. The van der Waals surface area contributed by atoms with Gasteiger partial charge in [0.1, 0.15) is 5.12 Å². The van der Waals surface area contributed by atoms with E-state index in [9.17, 15) is 0 Å². The molecule has 0 aliphatic heterocycles. The van der Waals surface area contributed by atoms with Gasteiger partial charge in [-0.2, -0.15) is 0 Å². The Balaban J connectivity index is 0. The van der Waals surface area contributed by atoms with E-state index in [1.54, 1.807) is 0 Å². The van der Waals surface area contributed by atoms with Crippen molar-refractivity contribution in [3.05, 3.63) is 0 Å². The average molecular weight is 201 g/mol. The highest BCUT2D eigenvalue weighted by Crippen LogP contribution is 2.10. The molecule has 0 fully saturated rings. The van der Waals surface area contributed by atoms with Gasteiger partial charge in [-0.15, -0.1) is 12.4 Å². The van der Waals surface area contributed by atoms with Gasteiger partial charge in [-0.25, -0.2) is 0 Å². The molecular formula is C7H18Cl2N2. The van der Waals surface area contributed by atoms with Crippen LogP contribution in [0.15, 0.2) is 0 Å². The molecular weight excluding hydrogens is 183 g/mol. The molecule has 0 bridgehead atoms. The van der Waals surface area contributed by atoms with Gasteiger partial charge in [0.05, 0.1) is 0 Å². The SMILES string of the molecule is CCNC(Cl)(CC)NCC.Cl. The molecule has 0 aromatic heterocycles. The van der Waals surface area contributed by atoms with Crippen molar-refractivity contribution in [1.29, 1.82) is 0 Å². The van der Waals surface area contributed by atoms with Crippen molar-refractivity contribution >= 4 is 24.0 Å². The first-order chi connectivity index (χ1) is 4.68. The van der Waals surface area contributed by atoms with Crippen LogP contribution in [-0.2, 0) is 0 Å². The van der Waals surface area contributed by atoms with Crippen LogP contribution in [0.4, 0.5) is 0 Å². The van der Waals surface area contributed by atoms with Crippen LogP contribution in [0.1, 0.15) is 27.2 Å². The lowest BCUT2D eigenvalue weighted by Gasteiger charge is -2.27. The standard InChI is InChI=1S/C7H17ClN2.ClH/c1-4-7(8,9-5-2)10-6-3;/h9-10H,4-6H2,1-3H3;1H. The van der Waals surface area contributed by atoms with Crippen LogP contribution < -0.4 is 10.6 Å². The molecule has 0 aromatic rings. The van der Waals surface area contributed by atoms with Crippen molar-refractivity contribution in [3.63, 3.8) is 0 Å². The van der Waals surface area contributed by atoms with Crippen LogP contribution in [0.25, 0.3) is 0 Å². The highest BCUT2D eigenvalue weighted by molar-refractivity contribution is 6.23. The van der Waals surface area contributed by atoms with Gasteiger partial charge in [0, 0.05) is 0 Å². The van der Waals surface area contributed by atoms with E-state index in [4.69, 9.17) is 11.6 Å². The summed E-state index contributed by atoms with van der Waals surface area (Å²) in [6.07, 6.45) is 0.885. The van der Waals surface area contributed by atoms with Crippen LogP contribution in [0.2, 0.25) is 0 Å². The molecule has 0 atom stereocenters.